The van der Waals surface area contributed by atoms with Gasteiger partial charge < -0.3 is 0 Å². The zero-order valence-electron chi connectivity index (χ0n) is 23.5. The van der Waals surface area contributed by atoms with Crippen molar-refractivity contribution < 1.29 is 22.0 Å². The highest BCUT2D eigenvalue weighted by molar-refractivity contribution is 5.72. The van der Waals surface area contributed by atoms with Crippen molar-refractivity contribution in [1.29, 1.82) is 21.0 Å². The maximum Gasteiger partial charge on any atom is 0.564 e. The molecule has 0 N–H and O–H groups in total. The number of nitriles is 4. The molecule has 0 fully saturated rings. The highest BCUT2D eigenvalue weighted by atomic mass is 19.2. The van der Waals surface area contributed by atoms with E-state index in [0.717, 1.165) is 0 Å². The van der Waals surface area contributed by atoms with Crippen molar-refractivity contribution in [3.05, 3.63) is 132 Å². The second kappa shape index (κ2) is 11.7. The van der Waals surface area contributed by atoms with Crippen LogP contribution in [-0.2, 0) is 0 Å². The third-order valence-corrected chi connectivity index (χ3v) is 6.83. The zero-order valence-corrected chi connectivity index (χ0v) is 23.5. The molecule has 49 heavy (non-hydrogen) atoms. The van der Waals surface area contributed by atoms with Gasteiger partial charge in [-0.3, -0.25) is 0 Å². The Hall–Kier alpha value is -8.06. The van der Waals surface area contributed by atoms with Gasteiger partial charge in [-0.05, 0) is 24.3 Å². The lowest BCUT2D eigenvalue weighted by Crippen LogP contribution is -2.26. The first-order chi connectivity index (χ1) is 23.6. The number of nitrogens with zero attached hydrogens (tertiary/aromatic N) is 13. The van der Waals surface area contributed by atoms with Gasteiger partial charge in [-0.2, -0.15) is 30.7 Å². The van der Waals surface area contributed by atoms with Crippen LogP contribution >= 0.6 is 0 Å². The predicted molar refractivity (Wildman–Crippen MR) is 148 cm³/mol. The van der Waals surface area contributed by atoms with Gasteiger partial charge in [0.1, 0.15) is 48.1 Å². The van der Waals surface area contributed by atoms with E-state index in [1.807, 2.05) is 12.1 Å². The first-order valence-electron chi connectivity index (χ1n) is 12.9. The Bertz CT molecular complexity index is 2640. The number of halogens is 5. The van der Waals surface area contributed by atoms with Crippen molar-refractivity contribution in [3.8, 4) is 58.4 Å². The summed E-state index contributed by atoms with van der Waals surface area (Å²) in [4.78, 5) is 34.5. The topological polar surface area (TPSA) is 192 Å². The average Bonchev–Trinajstić information content (AvgIpc) is 3.75. The fourth-order valence-corrected chi connectivity index (χ4v) is 4.65. The zero-order chi connectivity index (χ0) is 35.1. The van der Waals surface area contributed by atoms with E-state index in [1.165, 1.54) is 24.3 Å². The molecule has 0 amide bonds. The molecule has 0 unspecified atom stereocenters. The second-order valence-electron chi connectivity index (χ2n) is 9.43. The molecule has 0 aliphatic carbocycles. The van der Waals surface area contributed by atoms with E-state index in [9.17, 15) is 34.2 Å². The summed E-state index contributed by atoms with van der Waals surface area (Å²) < 4.78 is 72.8. The number of aromatic nitrogens is 3. The van der Waals surface area contributed by atoms with Gasteiger partial charge in [-0.1, -0.05) is 0 Å². The molecule has 0 atom stereocenters. The highest BCUT2D eigenvalue weighted by Gasteiger charge is 2.30. The van der Waals surface area contributed by atoms with Crippen LogP contribution in [-0.4, -0.2) is 15.0 Å². The van der Waals surface area contributed by atoms with Crippen molar-refractivity contribution in [3.63, 3.8) is 0 Å². The van der Waals surface area contributed by atoms with E-state index >= 15 is 8.78 Å². The van der Waals surface area contributed by atoms with Gasteiger partial charge >= 0.3 is 5.82 Å². The Balaban J connectivity index is 1.72. The van der Waals surface area contributed by atoms with Gasteiger partial charge in [-0.15, -0.1) is 0 Å². The summed E-state index contributed by atoms with van der Waals surface area (Å²) in [5, 5.41) is 38.5. The molecule has 0 radical (unpaired) electrons. The molecule has 3 heterocycles. The molecule has 0 saturated carbocycles. The molecule has 0 saturated heterocycles. The summed E-state index contributed by atoms with van der Waals surface area (Å²) in [7, 11) is 0. The van der Waals surface area contributed by atoms with Crippen LogP contribution < -0.4 is 21.4 Å². The van der Waals surface area contributed by atoms with Crippen molar-refractivity contribution in [2.45, 2.75) is 0 Å². The summed E-state index contributed by atoms with van der Waals surface area (Å²) in [6.45, 7) is 14.3. The molecule has 1 aromatic heterocycles. The maximum atomic E-state index is 15.1. The fourth-order valence-electron chi connectivity index (χ4n) is 4.65. The number of allylic oxidation sites excluding steroid dienone is 1. The standard InChI is InChI=1S/C31H4F5N13/c1-41-30(42-2)31-44-17-6-4-13(15(10-40)25(17)46-31)28-47-27(48-29(49-28)18-19(32)21(34)23(36)22(35)20(18)33)12-3-5-16-24(14(12)9-39)45-26(43-16)11(7-37)8-38/h3-6H. The lowest BCUT2D eigenvalue weighted by Gasteiger charge is -2.12. The van der Waals surface area contributed by atoms with Crippen molar-refractivity contribution in [1.82, 2.24) is 15.0 Å². The molecule has 2 aliphatic heterocycles. The van der Waals surface area contributed by atoms with Crippen molar-refractivity contribution in [2.75, 3.05) is 0 Å². The van der Waals surface area contributed by atoms with Crippen molar-refractivity contribution in [2.24, 2.45) is 20.0 Å². The number of benzene rings is 3. The van der Waals surface area contributed by atoms with Gasteiger partial charge in [0.05, 0.1) is 27.4 Å². The monoisotopic (exact) mass is 653 g/mol. The highest BCUT2D eigenvalue weighted by Crippen LogP contribution is 2.32. The minimum absolute atomic E-state index is 0.0466. The largest absolute Gasteiger partial charge is 0.564 e. The summed E-state index contributed by atoms with van der Waals surface area (Å²) >= 11 is 0. The molecular formula is C31H4F5N13. The quantitative estimate of drug-likeness (QED) is 0.107. The summed E-state index contributed by atoms with van der Waals surface area (Å²) in [6.07, 6.45) is 0. The number of hydrogen-bond acceptors (Lipinski definition) is 11. The van der Waals surface area contributed by atoms with Crippen LogP contribution in [0.5, 0.6) is 0 Å². The lowest BCUT2D eigenvalue weighted by molar-refractivity contribution is 0.381. The molecule has 6 rings (SSSR count). The van der Waals surface area contributed by atoms with Gasteiger partial charge in [0.2, 0.25) is 11.6 Å². The van der Waals surface area contributed by atoms with E-state index < -0.39 is 63.5 Å². The Morgan fingerprint density at radius 1 is 0.571 bits per heavy atom. The van der Waals surface area contributed by atoms with Gasteiger partial charge in [0.25, 0.3) is 0 Å². The third kappa shape index (κ3) is 4.76. The number of hydrogen-bond donors (Lipinski definition) is 0. The van der Waals surface area contributed by atoms with E-state index in [-0.39, 0.29) is 55.3 Å². The van der Waals surface area contributed by atoms with Crippen LogP contribution in [0.4, 0.5) is 22.0 Å². The van der Waals surface area contributed by atoms with E-state index in [2.05, 4.69) is 44.6 Å². The minimum atomic E-state index is -2.44. The van der Waals surface area contributed by atoms with Crippen molar-refractivity contribution >= 4 is 0 Å². The molecule has 13 nitrogen and oxygen atoms in total. The molecular weight excluding hydrogens is 649 g/mol. The lowest BCUT2D eigenvalue weighted by atomic mass is 10.0. The normalized spacial score (nSPS) is 11.8. The fraction of sp³-hybridized carbons (Fsp3) is 0. The van der Waals surface area contributed by atoms with Crippen LogP contribution in [0.1, 0.15) is 11.1 Å². The van der Waals surface area contributed by atoms with Crippen LogP contribution in [0.15, 0.2) is 67.3 Å². The van der Waals surface area contributed by atoms with E-state index in [0.29, 0.717) is 0 Å². The van der Waals surface area contributed by atoms with Crippen LogP contribution in [0.25, 0.3) is 43.9 Å². The molecule has 0 spiro atoms. The third-order valence-electron chi connectivity index (χ3n) is 6.83. The summed E-state index contributed by atoms with van der Waals surface area (Å²) in [5.41, 5.74) is -3.09. The molecule has 0 bridgehead atoms. The van der Waals surface area contributed by atoms with Gasteiger partial charge in [0, 0.05) is 11.1 Å². The van der Waals surface area contributed by atoms with Crippen LogP contribution in [0.3, 0.4) is 0 Å². The maximum absolute atomic E-state index is 15.1. The first-order valence-corrected chi connectivity index (χ1v) is 12.9. The number of fused-ring (bicyclic) bond motifs is 2. The number of rotatable bonds is 3. The predicted octanol–water partition coefficient (Wildman–Crippen LogP) is 3.04. The van der Waals surface area contributed by atoms with E-state index in [1.54, 1.807) is 12.1 Å². The molecule has 2 aliphatic rings. The molecule has 4 aromatic rings. The SMILES string of the molecule is [C-]#[N+]C([N+]#[C-])=C1N=c2ccc(-c3nc(-c4ccc5c(c4C#N)=NC(=C(C#N)C#N)N=5)nc(-c4c(F)c(F)c(F)c(F)c4F)n3)c(C#N)c2=N1. The minimum Gasteiger partial charge on any atom is -0.231 e. The second-order valence-corrected chi connectivity index (χ2v) is 9.43. The Kier molecular flexibility index (Phi) is 7.39. The molecule has 3 aromatic carbocycles. The molecule has 228 valence electrons. The van der Waals surface area contributed by atoms with Gasteiger partial charge in [-0.25, -0.2) is 56.9 Å². The Morgan fingerprint density at radius 2 is 1.00 bits per heavy atom. The smallest absolute Gasteiger partial charge is 0.231 e. The summed E-state index contributed by atoms with van der Waals surface area (Å²) in [6, 6.07) is 11.9. The van der Waals surface area contributed by atoms with Crippen LogP contribution in [0.2, 0.25) is 0 Å². The van der Waals surface area contributed by atoms with Crippen LogP contribution in [0, 0.1) is 87.6 Å². The summed E-state index contributed by atoms with van der Waals surface area (Å²) in [5.74, 6) is -15.0. The Labute approximate surface area is 268 Å². The van der Waals surface area contributed by atoms with Gasteiger partial charge in [0.15, 0.2) is 52.1 Å². The average molecular weight is 653 g/mol. The molecule has 18 heteroatoms. The van der Waals surface area contributed by atoms with E-state index in [4.69, 9.17) is 13.1 Å². The Morgan fingerprint density at radius 3 is 1.45 bits per heavy atom. The first kappa shape index (κ1) is 30.9.